The van der Waals surface area contributed by atoms with Gasteiger partial charge in [-0.2, -0.15) is 5.10 Å². The minimum atomic E-state index is -1.13. The van der Waals surface area contributed by atoms with Crippen molar-refractivity contribution < 1.29 is 14.7 Å². The van der Waals surface area contributed by atoms with E-state index in [1.165, 1.54) is 18.5 Å². The van der Waals surface area contributed by atoms with Crippen molar-refractivity contribution in [2.45, 2.75) is 19.9 Å². The monoisotopic (exact) mass is 302 g/mol. The Morgan fingerprint density at radius 3 is 2.36 bits per heavy atom. The largest absolute Gasteiger partial charge is 0.478 e. The van der Waals surface area contributed by atoms with E-state index in [0.717, 1.165) is 0 Å². The molecule has 0 spiro atoms. The number of benzene rings is 1. The van der Waals surface area contributed by atoms with Gasteiger partial charge < -0.3 is 10.4 Å². The van der Waals surface area contributed by atoms with E-state index in [9.17, 15) is 14.7 Å². The summed E-state index contributed by atoms with van der Waals surface area (Å²) in [4.78, 5) is 27.8. The highest BCUT2D eigenvalue weighted by Gasteiger charge is 2.25. The maximum atomic E-state index is 12.5. The van der Waals surface area contributed by atoms with Gasteiger partial charge in [-0.3, -0.25) is 9.48 Å². The van der Waals surface area contributed by atoms with Gasteiger partial charge in [-0.1, -0.05) is 26.0 Å². The number of nitrogens with one attached hydrogen (secondary N) is 1. The molecule has 22 heavy (non-hydrogen) atoms. The summed E-state index contributed by atoms with van der Waals surface area (Å²) in [6.07, 6.45) is 1.42. The third-order valence-electron chi connectivity index (χ3n) is 3.38. The van der Waals surface area contributed by atoms with Crippen LogP contribution in [0.2, 0.25) is 0 Å². The molecule has 0 fully saturated rings. The number of aromatic carboxylic acids is 1. The second kappa shape index (κ2) is 6.38. The van der Waals surface area contributed by atoms with E-state index in [-0.39, 0.29) is 23.1 Å². The summed E-state index contributed by atoms with van der Waals surface area (Å²) in [6, 6.07) is 5.76. The molecular weight excluding hydrogens is 284 g/mol. The summed E-state index contributed by atoms with van der Waals surface area (Å²) in [5.74, 6) is -0.884. The molecule has 0 aliphatic rings. The molecule has 1 aromatic carbocycles. The standard InChI is InChI=1S/C15H18N4O3/c1-9(2)12(13-16-8-17-19(13)3)18-14(20)10-6-4-5-7-11(10)15(21)22/h4-9,12H,1-3H3,(H,18,20)(H,21,22). The van der Waals surface area contributed by atoms with Crippen LogP contribution in [0.15, 0.2) is 30.6 Å². The maximum absolute atomic E-state index is 12.5. The van der Waals surface area contributed by atoms with Gasteiger partial charge in [0.2, 0.25) is 0 Å². The Morgan fingerprint density at radius 2 is 1.86 bits per heavy atom. The number of hydrogen-bond acceptors (Lipinski definition) is 4. The van der Waals surface area contributed by atoms with Gasteiger partial charge in [0.1, 0.15) is 12.2 Å². The van der Waals surface area contributed by atoms with Crippen LogP contribution in [0.1, 0.15) is 46.4 Å². The number of hydrogen-bond donors (Lipinski definition) is 2. The van der Waals surface area contributed by atoms with Gasteiger partial charge in [0, 0.05) is 7.05 Å². The molecule has 1 heterocycles. The number of carboxylic acid groups (broad SMARTS) is 1. The van der Waals surface area contributed by atoms with E-state index in [0.29, 0.717) is 5.82 Å². The zero-order chi connectivity index (χ0) is 16.3. The molecule has 0 bridgehead atoms. The fourth-order valence-corrected chi connectivity index (χ4v) is 2.20. The van der Waals surface area contributed by atoms with Crippen LogP contribution in [-0.2, 0) is 7.05 Å². The first-order valence-corrected chi connectivity index (χ1v) is 6.89. The van der Waals surface area contributed by atoms with Crippen LogP contribution < -0.4 is 5.32 Å². The third-order valence-corrected chi connectivity index (χ3v) is 3.38. The molecule has 0 aliphatic heterocycles. The Morgan fingerprint density at radius 1 is 1.23 bits per heavy atom. The normalized spacial score (nSPS) is 12.2. The lowest BCUT2D eigenvalue weighted by molar-refractivity contribution is 0.0690. The lowest BCUT2D eigenvalue weighted by atomic mass is 10.0. The molecule has 1 aromatic heterocycles. The van der Waals surface area contributed by atoms with Gasteiger partial charge in [-0.05, 0) is 18.1 Å². The zero-order valence-corrected chi connectivity index (χ0v) is 12.6. The lowest BCUT2D eigenvalue weighted by Gasteiger charge is -2.21. The van der Waals surface area contributed by atoms with E-state index >= 15 is 0 Å². The van der Waals surface area contributed by atoms with Crippen molar-refractivity contribution in [3.63, 3.8) is 0 Å². The Bertz CT molecular complexity index is 694. The molecule has 2 aromatic rings. The number of carbonyl (C=O) groups excluding carboxylic acids is 1. The fraction of sp³-hybridized carbons (Fsp3) is 0.333. The first-order valence-electron chi connectivity index (χ1n) is 6.89. The molecule has 2 N–H and O–H groups in total. The summed E-state index contributed by atoms with van der Waals surface area (Å²) >= 11 is 0. The first kappa shape index (κ1) is 15.7. The molecule has 0 saturated heterocycles. The molecule has 0 aliphatic carbocycles. The van der Waals surface area contributed by atoms with Crippen LogP contribution >= 0.6 is 0 Å². The van der Waals surface area contributed by atoms with Gasteiger partial charge in [0.25, 0.3) is 5.91 Å². The van der Waals surface area contributed by atoms with E-state index in [1.54, 1.807) is 23.9 Å². The molecule has 7 nitrogen and oxygen atoms in total. The molecular formula is C15H18N4O3. The van der Waals surface area contributed by atoms with Crippen LogP contribution in [-0.4, -0.2) is 31.7 Å². The highest BCUT2D eigenvalue weighted by atomic mass is 16.4. The van der Waals surface area contributed by atoms with Crippen LogP contribution in [0, 0.1) is 5.92 Å². The first-order chi connectivity index (χ1) is 10.4. The van der Waals surface area contributed by atoms with E-state index in [2.05, 4.69) is 15.4 Å². The average molecular weight is 302 g/mol. The number of rotatable bonds is 5. The molecule has 1 amide bonds. The van der Waals surface area contributed by atoms with Crippen molar-refractivity contribution in [1.29, 1.82) is 0 Å². The summed E-state index contributed by atoms with van der Waals surface area (Å²) in [5, 5.41) is 16.0. The van der Waals surface area contributed by atoms with Crippen molar-refractivity contribution in [2.24, 2.45) is 13.0 Å². The predicted molar refractivity (Wildman–Crippen MR) is 79.4 cm³/mol. The second-order valence-corrected chi connectivity index (χ2v) is 5.29. The van der Waals surface area contributed by atoms with Crippen LogP contribution in [0.5, 0.6) is 0 Å². The second-order valence-electron chi connectivity index (χ2n) is 5.29. The lowest BCUT2D eigenvalue weighted by Crippen LogP contribution is -2.34. The molecule has 7 heteroatoms. The minimum Gasteiger partial charge on any atom is -0.478 e. The summed E-state index contributed by atoms with van der Waals surface area (Å²) in [6.45, 7) is 3.89. The Labute approximate surface area is 128 Å². The number of amides is 1. The molecule has 1 unspecified atom stereocenters. The van der Waals surface area contributed by atoms with Crippen molar-refractivity contribution in [3.8, 4) is 0 Å². The number of carboxylic acids is 1. The average Bonchev–Trinajstić information content (AvgIpc) is 2.90. The topological polar surface area (TPSA) is 97.1 Å². The highest BCUT2D eigenvalue weighted by Crippen LogP contribution is 2.20. The minimum absolute atomic E-state index is 0.0273. The molecule has 0 radical (unpaired) electrons. The van der Waals surface area contributed by atoms with Gasteiger partial charge in [-0.15, -0.1) is 0 Å². The van der Waals surface area contributed by atoms with Gasteiger partial charge in [0.05, 0.1) is 17.2 Å². The number of carbonyl (C=O) groups is 2. The highest BCUT2D eigenvalue weighted by molar-refractivity contribution is 6.04. The Balaban J connectivity index is 2.30. The molecule has 2 rings (SSSR count). The van der Waals surface area contributed by atoms with Crippen molar-refractivity contribution in [2.75, 3.05) is 0 Å². The van der Waals surface area contributed by atoms with E-state index in [1.807, 2.05) is 13.8 Å². The van der Waals surface area contributed by atoms with E-state index < -0.39 is 11.9 Å². The number of nitrogens with zero attached hydrogens (tertiary/aromatic N) is 3. The van der Waals surface area contributed by atoms with Crippen LogP contribution in [0.3, 0.4) is 0 Å². The smallest absolute Gasteiger partial charge is 0.336 e. The third kappa shape index (κ3) is 3.13. The predicted octanol–water partition coefficient (Wildman–Crippen LogP) is 1.64. The molecule has 0 saturated carbocycles. The van der Waals surface area contributed by atoms with Gasteiger partial charge >= 0.3 is 5.97 Å². The van der Waals surface area contributed by atoms with Crippen LogP contribution in [0.4, 0.5) is 0 Å². The summed E-state index contributed by atoms with van der Waals surface area (Å²) in [5.41, 5.74) is 0.100. The van der Waals surface area contributed by atoms with Crippen molar-refractivity contribution in [1.82, 2.24) is 20.1 Å². The van der Waals surface area contributed by atoms with E-state index in [4.69, 9.17) is 0 Å². The summed E-state index contributed by atoms with van der Waals surface area (Å²) in [7, 11) is 1.75. The SMILES string of the molecule is CC(C)C(NC(=O)c1ccccc1C(=O)O)c1ncnn1C. The van der Waals surface area contributed by atoms with Gasteiger partial charge in [0.15, 0.2) is 0 Å². The van der Waals surface area contributed by atoms with Crippen molar-refractivity contribution >= 4 is 11.9 Å². The summed E-state index contributed by atoms with van der Waals surface area (Å²) < 4.78 is 1.59. The fourth-order valence-electron chi connectivity index (χ4n) is 2.20. The quantitative estimate of drug-likeness (QED) is 0.875. The van der Waals surface area contributed by atoms with Gasteiger partial charge in [-0.25, -0.2) is 9.78 Å². The molecule has 1 atom stereocenters. The Kier molecular flexibility index (Phi) is 4.55. The zero-order valence-electron chi connectivity index (χ0n) is 12.6. The van der Waals surface area contributed by atoms with Crippen molar-refractivity contribution in [3.05, 3.63) is 47.5 Å². The Hall–Kier alpha value is -2.70. The maximum Gasteiger partial charge on any atom is 0.336 e. The van der Waals surface area contributed by atoms with Crippen LogP contribution in [0.25, 0.3) is 0 Å². The molecule has 116 valence electrons. The number of aromatic nitrogens is 3. The number of aryl methyl sites for hydroxylation is 1.